The number of pyridine rings is 1. The average molecular weight is 216 g/mol. The van der Waals surface area contributed by atoms with E-state index in [4.69, 9.17) is 5.73 Å². The van der Waals surface area contributed by atoms with Crippen LogP contribution in [0.1, 0.15) is 21.9 Å². The largest absolute Gasteiger partial charge is 0.365 e. The molecule has 82 valence electrons. The van der Waals surface area contributed by atoms with E-state index in [-0.39, 0.29) is 0 Å². The summed E-state index contributed by atoms with van der Waals surface area (Å²) in [6, 6.07) is 3.44. The molecule has 0 fully saturated rings. The molecule has 0 saturated heterocycles. The van der Waals surface area contributed by atoms with Crippen LogP contribution in [0.25, 0.3) is 5.82 Å². The summed E-state index contributed by atoms with van der Waals surface area (Å²) in [5, 5.41) is 0. The Morgan fingerprint density at radius 2 is 2.12 bits per heavy atom. The van der Waals surface area contributed by atoms with Gasteiger partial charge in [0, 0.05) is 18.1 Å². The highest BCUT2D eigenvalue weighted by molar-refractivity contribution is 5.95. The maximum absolute atomic E-state index is 11.3. The van der Waals surface area contributed by atoms with Crippen LogP contribution in [0.2, 0.25) is 0 Å². The van der Waals surface area contributed by atoms with E-state index in [1.54, 1.807) is 29.1 Å². The van der Waals surface area contributed by atoms with Gasteiger partial charge in [-0.15, -0.1) is 0 Å². The van der Waals surface area contributed by atoms with Gasteiger partial charge in [-0.25, -0.2) is 9.97 Å². The number of carbonyl (C=O) groups excluding carboxylic acids is 1. The van der Waals surface area contributed by atoms with E-state index < -0.39 is 5.91 Å². The lowest BCUT2D eigenvalue weighted by Crippen LogP contribution is -2.16. The molecule has 0 aromatic carbocycles. The predicted octanol–water partition coefficient (Wildman–Crippen LogP) is 0.983. The fourth-order valence-corrected chi connectivity index (χ4v) is 1.52. The second-order valence-corrected chi connectivity index (χ2v) is 3.53. The Balaban J connectivity index is 2.67. The molecule has 0 aliphatic carbocycles. The van der Waals surface area contributed by atoms with Crippen molar-refractivity contribution < 1.29 is 4.79 Å². The number of nitrogens with zero attached hydrogens (tertiary/aromatic N) is 3. The number of rotatable bonds is 2. The molecule has 2 N–H and O–H groups in total. The van der Waals surface area contributed by atoms with Crippen LogP contribution in [0.3, 0.4) is 0 Å². The van der Waals surface area contributed by atoms with E-state index in [0.717, 1.165) is 11.5 Å². The first-order chi connectivity index (χ1) is 7.59. The molecule has 0 radical (unpaired) electrons. The van der Waals surface area contributed by atoms with Gasteiger partial charge in [-0.2, -0.15) is 0 Å². The molecule has 0 atom stereocenters. The number of aromatic nitrogens is 3. The highest BCUT2D eigenvalue weighted by atomic mass is 16.1. The van der Waals surface area contributed by atoms with Gasteiger partial charge >= 0.3 is 0 Å². The minimum absolute atomic E-state index is 0.395. The van der Waals surface area contributed by atoms with E-state index in [2.05, 4.69) is 9.97 Å². The molecule has 0 aliphatic heterocycles. The number of carbonyl (C=O) groups is 1. The molecule has 1 amide bonds. The maximum Gasteiger partial charge on any atom is 0.252 e. The van der Waals surface area contributed by atoms with Gasteiger partial charge in [0.2, 0.25) is 0 Å². The first kappa shape index (κ1) is 10.4. The van der Waals surface area contributed by atoms with Crippen molar-refractivity contribution in [2.45, 2.75) is 13.8 Å². The molecule has 0 unspecified atom stereocenters. The van der Waals surface area contributed by atoms with Crippen LogP contribution in [0.4, 0.5) is 0 Å². The van der Waals surface area contributed by atoms with Crippen molar-refractivity contribution in [1.29, 1.82) is 0 Å². The molecule has 0 bridgehead atoms. The van der Waals surface area contributed by atoms with E-state index >= 15 is 0 Å². The fourth-order valence-electron chi connectivity index (χ4n) is 1.52. The topological polar surface area (TPSA) is 73.8 Å². The molecular formula is C11H12N4O. The zero-order valence-corrected chi connectivity index (χ0v) is 9.14. The van der Waals surface area contributed by atoms with Gasteiger partial charge in [0.1, 0.15) is 5.82 Å². The van der Waals surface area contributed by atoms with Gasteiger partial charge in [-0.3, -0.25) is 9.36 Å². The van der Waals surface area contributed by atoms with Crippen molar-refractivity contribution in [2.75, 3.05) is 0 Å². The third-order valence-corrected chi connectivity index (χ3v) is 2.33. The Hall–Kier alpha value is -2.17. The molecule has 0 saturated carbocycles. The third-order valence-electron chi connectivity index (χ3n) is 2.33. The lowest BCUT2D eigenvalue weighted by molar-refractivity contribution is 0.1000. The number of amides is 1. The number of aryl methyl sites for hydroxylation is 2. The average Bonchev–Trinajstić information content (AvgIpc) is 2.63. The minimum atomic E-state index is -0.490. The van der Waals surface area contributed by atoms with E-state index in [0.29, 0.717) is 11.4 Å². The van der Waals surface area contributed by atoms with Gasteiger partial charge in [0.25, 0.3) is 5.91 Å². The Labute approximate surface area is 92.9 Å². The van der Waals surface area contributed by atoms with Crippen LogP contribution < -0.4 is 5.73 Å². The zero-order valence-electron chi connectivity index (χ0n) is 9.14. The summed E-state index contributed by atoms with van der Waals surface area (Å²) in [6.45, 7) is 3.70. The van der Waals surface area contributed by atoms with Gasteiger partial charge in [-0.05, 0) is 26.0 Å². The lowest BCUT2D eigenvalue weighted by Gasteiger charge is -2.08. The van der Waals surface area contributed by atoms with Gasteiger partial charge in [-0.1, -0.05) is 0 Å². The normalized spacial score (nSPS) is 10.4. The van der Waals surface area contributed by atoms with E-state index in [1.165, 1.54) is 0 Å². The molecule has 0 spiro atoms. The van der Waals surface area contributed by atoms with Crippen LogP contribution in [0, 0.1) is 13.8 Å². The first-order valence-corrected chi connectivity index (χ1v) is 4.87. The van der Waals surface area contributed by atoms with Crippen LogP contribution in [0.5, 0.6) is 0 Å². The molecule has 2 aromatic heterocycles. The molecule has 2 heterocycles. The Bertz CT molecular complexity index is 545. The summed E-state index contributed by atoms with van der Waals surface area (Å²) in [4.78, 5) is 19.7. The van der Waals surface area contributed by atoms with Crippen molar-refractivity contribution in [1.82, 2.24) is 14.5 Å². The smallest absolute Gasteiger partial charge is 0.252 e. The maximum atomic E-state index is 11.3. The predicted molar refractivity (Wildman–Crippen MR) is 59.4 cm³/mol. The van der Waals surface area contributed by atoms with Crippen molar-refractivity contribution in [3.63, 3.8) is 0 Å². The van der Waals surface area contributed by atoms with Crippen LogP contribution in [0.15, 0.2) is 24.5 Å². The van der Waals surface area contributed by atoms with Crippen LogP contribution in [-0.2, 0) is 0 Å². The second-order valence-electron chi connectivity index (χ2n) is 3.53. The van der Waals surface area contributed by atoms with Crippen molar-refractivity contribution in [3.8, 4) is 5.82 Å². The quantitative estimate of drug-likeness (QED) is 0.813. The number of primary amides is 1. The van der Waals surface area contributed by atoms with Crippen molar-refractivity contribution in [2.24, 2.45) is 5.73 Å². The Morgan fingerprint density at radius 1 is 1.38 bits per heavy atom. The fraction of sp³-hybridized carbons (Fsp3) is 0.182. The summed E-state index contributed by atoms with van der Waals surface area (Å²) in [6.07, 6.45) is 3.41. The zero-order chi connectivity index (χ0) is 11.7. The van der Waals surface area contributed by atoms with Gasteiger partial charge in [0.15, 0.2) is 5.82 Å². The number of nitrogens with two attached hydrogens (primary N) is 1. The van der Waals surface area contributed by atoms with E-state index in [1.807, 2.05) is 13.8 Å². The molecule has 0 aliphatic rings. The highest BCUT2D eigenvalue weighted by Crippen LogP contribution is 2.14. The summed E-state index contributed by atoms with van der Waals surface area (Å²) >= 11 is 0. The summed E-state index contributed by atoms with van der Waals surface area (Å²) < 4.78 is 1.74. The number of hydrogen-bond acceptors (Lipinski definition) is 3. The lowest BCUT2D eigenvalue weighted by atomic mass is 10.2. The molecule has 2 rings (SSSR count). The standard InChI is InChI=1S/C11H12N4O/c1-7-3-4-9(10(12)16)11(14-7)15-6-5-13-8(15)2/h3-6H,1-2H3,(H2,12,16). The molecule has 2 aromatic rings. The highest BCUT2D eigenvalue weighted by Gasteiger charge is 2.12. The van der Waals surface area contributed by atoms with Crippen LogP contribution >= 0.6 is 0 Å². The van der Waals surface area contributed by atoms with Crippen molar-refractivity contribution in [3.05, 3.63) is 41.6 Å². The van der Waals surface area contributed by atoms with Gasteiger partial charge in [0.05, 0.1) is 5.56 Å². The summed E-state index contributed by atoms with van der Waals surface area (Å²) in [7, 11) is 0. The molecular weight excluding hydrogens is 204 g/mol. The number of imidazole rings is 1. The monoisotopic (exact) mass is 216 g/mol. The molecule has 16 heavy (non-hydrogen) atoms. The van der Waals surface area contributed by atoms with Crippen molar-refractivity contribution >= 4 is 5.91 Å². The third kappa shape index (κ3) is 1.67. The first-order valence-electron chi connectivity index (χ1n) is 4.87. The summed E-state index contributed by atoms with van der Waals surface area (Å²) in [5.74, 6) is 0.804. The Kier molecular flexibility index (Phi) is 2.44. The molecule has 5 nitrogen and oxygen atoms in total. The molecule has 5 heteroatoms. The summed E-state index contributed by atoms with van der Waals surface area (Å²) in [5.41, 5.74) is 6.53. The Morgan fingerprint density at radius 3 is 2.69 bits per heavy atom. The van der Waals surface area contributed by atoms with Gasteiger partial charge < -0.3 is 5.73 Å². The van der Waals surface area contributed by atoms with Crippen LogP contribution in [-0.4, -0.2) is 20.4 Å². The number of hydrogen-bond donors (Lipinski definition) is 1. The van der Waals surface area contributed by atoms with E-state index in [9.17, 15) is 4.79 Å². The minimum Gasteiger partial charge on any atom is -0.365 e. The SMILES string of the molecule is Cc1ccc(C(N)=O)c(-n2ccnc2C)n1. The second kappa shape index (κ2) is 3.77.